The zero-order valence-electron chi connectivity index (χ0n) is 20.2. The lowest BCUT2D eigenvalue weighted by molar-refractivity contribution is -0.264. The highest BCUT2D eigenvalue weighted by atomic mass is 16.3. The van der Waals surface area contributed by atoms with E-state index in [1.54, 1.807) is 0 Å². The van der Waals surface area contributed by atoms with E-state index in [1.807, 2.05) is 0 Å². The van der Waals surface area contributed by atoms with Crippen LogP contribution in [0, 0.1) is 46.3 Å². The summed E-state index contributed by atoms with van der Waals surface area (Å²) in [7, 11) is 0. The van der Waals surface area contributed by atoms with Crippen LogP contribution in [0.5, 0.6) is 0 Å². The van der Waals surface area contributed by atoms with Crippen LogP contribution in [0.25, 0.3) is 0 Å². The molecule has 10 atom stereocenters. The van der Waals surface area contributed by atoms with Crippen molar-refractivity contribution in [1.82, 2.24) is 0 Å². The summed E-state index contributed by atoms with van der Waals surface area (Å²) in [6.45, 7) is 12.0. The molecule has 0 heterocycles. The molecule has 4 saturated carbocycles. The largest absolute Gasteiger partial charge is 0.393 e. The van der Waals surface area contributed by atoms with Crippen LogP contribution >= 0.6 is 0 Å². The van der Waals surface area contributed by atoms with Crippen LogP contribution in [0.3, 0.4) is 0 Å². The Morgan fingerprint density at radius 2 is 1.63 bits per heavy atom. The molecule has 4 rings (SSSR count). The third-order valence-corrected chi connectivity index (χ3v) is 11.0. The van der Waals surface area contributed by atoms with Gasteiger partial charge in [-0.1, -0.05) is 53.9 Å². The molecule has 3 heteroatoms. The second kappa shape index (κ2) is 8.03. The van der Waals surface area contributed by atoms with Gasteiger partial charge in [-0.05, 0) is 85.9 Å². The fourth-order valence-electron chi connectivity index (χ4n) is 9.29. The van der Waals surface area contributed by atoms with E-state index in [1.165, 1.54) is 44.9 Å². The van der Waals surface area contributed by atoms with Gasteiger partial charge in [-0.3, -0.25) is 0 Å². The molecule has 0 amide bonds. The third kappa shape index (κ3) is 3.41. The molecule has 174 valence electrons. The maximum Gasteiger partial charge on any atom is 0.0985 e. The van der Waals surface area contributed by atoms with E-state index in [-0.39, 0.29) is 5.41 Å². The van der Waals surface area contributed by atoms with E-state index < -0.39 is 17.8 Å². The van der Waals surface area contributed by atoms with Crippen LogP contribution in [-0.2, 0) is 0 Å². The highest BCUT2D eigenvalue weighted by molar-refractivity contribution is 5.17. The lowest BCUT2D eigenvalue weighted by Crippen LogP contribution is -2.68. The first-order chi connectivity index (χ1) is 14.0. The van der Waals surface area contributed by atoms with Gasteiger partial charge in [0.2, 0.25) is 0 Å². The van der Waals surface area contributed by atoms with E-state index in [4.69, 9.17) is 0 Å². The molecule has 3 nitrogen and oxygen atoms in total. The summed E-state index contributed by atoms with van der Waals surface area (Å²) in [4.78, 5) is 0. The maximum atomic E-state index is 11.6. The van der Waals surface area contributed by atoms with Crippen LogP contribution < -0.4 is 0 Å². The van der Waals surface area contributed by atoms with Crippen LogP contribution in [0.4, 0.5) is 0 Å². The summed E-state index contributed by atoms with van der Waals surface area (Å²) in [5.74, 6) is 4.13. The van der Waals surface area contributed by atoms with Gasteiger partial charge < -0.3 is 15.3 Å². The van der Waals surface area contributed by atoms with Crippen molar-refractivity contribution in [2.75, 3.05) is 0 Å². The summed E-state index contributed by atoms with van der Waals surface area (Å²) < 4.78 is 0. The van der Waals surface area contributed by atoms with Crippen molar-refractivity contribution >= 4 is 0 Å². The molecule has 0 aromatic rings. The molecule has 4 aliphatic rings. The lowest BCUT2D eigenvalue weighted by atomic mass is 9.42. The molecule has 3 N–H and O–H groups in total. The zero-order chi connectivity index (χ0) is 21.9. The fraction of sp³-hybridized carbons (Fsp3) is 1.00. The van der Waals surface area contributed by atoms with Gasteiger partial charge in [-0.15, -0.1) is 0 Å². The Morgan fingerprint density at radius 1 is 0.900 bits per heavy atom. The Kier molecular flexibility index (Phi) is 6.17. The smallest absolute Gasteiger partial charge is 0.0985 e. The van der Waals surface area contributed by atoms with Gasteiger partial charge in [0, 0.05) is 11.8 Å². The monoisotopic (exact) mass is 420 g/mol. The average Bonchev–Trinajstić information content (AvgIpc) is 3.01. The van der Waals surface area contributed by atoms with Gasteiger partial charge >= 0.3 is 0 Å². The Balaban J connectivity index is 1.53. The van der Waals surface area contributed by atoms with E-state index in [0.29, 0.717) is 29.6 Å². The quantitative estimate of drug-likeness (QED) is 0.546. The van der Waals surface area contributed by atoms with Crippen molar-refractivity contribution < 1.29 is 15.3 Å². The van der Waals surface area contributed by atoms with Gasteiger partial charge in [0.15, 0.2) is 0 Å². The predicted molar refractivity (Wildman–Crippen MR) is 122 cm³/mol. The average molecular weight is 421 g/mol. The topological polar surface area (TPSA) is 60.7 Å². The number of hydrogen-bond acceptors (Lipinski definition) is 3. The Morgan fingerprint density at radius 3 is 2.33 bits per heavy atom. The summed E-state index contributed by atoms with van der Waals surface area (Å²) in [5.41, 5.74) is -0.962. The molecule has 4 fully saturated rings. The molecule has 0 aromatic heterocycles. The molecule has 0 aromatic carbocycles. The minimum Gasteiger partial charge on any atom is -0.393 e. The SMILES string of the molecule is CC(C)CCC[C@H](C)[C@@H]1CC[C@@H]2[C@@H]3C[C@H](O)[C@@]4(O)C[C@H](O)CC[C@]4(C)[C@@H]3CC[C@@]21C. The molecule has 0 aliphatic heterocycles. The zero-order valence-corrected chi connectivity index (χ0v) is 20.2. The van der Waals surface area contributed by atoms with Gasteiger partial charge in [0.1, 0.15) is 0 Å². The van der Waals surface area contributed by atoms with Crippen molar-refractivity contribution in [3.05, 3.63) is 0 Å². The van der Waals surface area contributed by atoms with Crippen molar-refractivity contribution in [3.63, 3.8) is 0 Å². The van der Waals surface area contributed by atoms with Crippen molar-refractivity contribution in [2.45, 2.75) is 123 Å². The van der Waals surface area contributed by atoms with Gasteiger partial charge in [0.25, 0.3) is 0 Å². The highest BCUT2D eigenvalue weighted by Gasteiger charge is 2.67. The van der Waals surface area contributed by atoms with E-state index in [0.717, 1.165) is 37.0 Å². The number of fused-ring (bicyclic) bond motifs is 5. The molecule has 0 radical (unpaired) electrons. The number of aliphatic hydroxyl groups excluding tert-OH is 2. The van der Waals surface area contributed by atoms with Crippen LogP contribution in [0.1, 0.15) is 105 Å². The number of rotatable bonds is 5. The van der Waals surface area contributed by atoms with Crippen LogP contribution in [0.15, 0.2) is 0 Å². The number of hydrogen-bond donors (Lipinski definition) is 3. The molecule has 4 aliphatic carbocycles. The first-order valence-corrected chi connectivity index (χ1v) is 13.1. The van der Waals surface area contributed by atoms with E-state index in [2.05, 4.69) is 34.6 Å². The van der Waals surface area contributed by atoms with Crippen molar-refractivity contribution in [2.24, 2.45) is 46.3 Å². The summed E-state index contributed by atoms with van der Waals surface area (Å²) in [5, 5.41) is 33.0. The third-order valence-electron chi connectivity index (χ3n) is 11.0. The minimum atomic E-state index is -1.11. The highest BCUT2D eigenvalue weighted by Crippen LogP contribution is 2.69. The van der Waals surface area contributed by atoms with E-state index >= 15 is 0 Å². The van der Waals surface area contributed by atoms with Gasteiger partial charge in [-0.2, -0.15) is 0 Å². The molecule has 0 saturated heterocycles. The normalized spacial score (nSPS) is 51.9. The molecule has 0 bridgehead atoms. The molecular formula is C27H48O3. The van der Waals surface area contributed by atoms with Crippen LogP contribution in [-0.4, -0.2) is 33.1 Å². The second-order valence-corrected chi connectivity index (χ2v) is 12.9. The minimum absolute atomic E-state index is 0.253. The van der Waals surface area contributed by atoms with E-state index in [9.17, 15) is 15.3 Å². The second-order valence-electron chi connectivity index (χ2n) is 12.9. The molecular weight excluding hydrogens is 372 g/mol. The fourth-order valence-corrected chi connectivity index (χ4v) is 9.29. The predicted octanol–water partition coefficient (Wildman–Crippen LogP) is 5.55. The van der Waals surface area contributed by atoms with Gasteiger partial charge in [0.05, 0.1) is 17.8 Å². The Labute approximate surface area is 185 Å². The first-order valence-electron chi connectivity index (χ1n) is 13.1. The van der Waals surface area contributed by atoms with Crippen molar-refractivity contribution in [1.29, 1.82) is 0 Å². The van der Waals surface area contributed by atoms with Crippen LogP contribution in [0.2, 0.25) is 0 Å². The molecule has 0 spiro atoms. The maximum absolute atomic E-state index is 11.6. The summed E-state index contributed by atoms with van der Waals surface area (Å²) in [6.07, 6.45) is 10.7. The number of aliphatic hydroxyl groups is 3. The lowest BCUT2D eigenvalue weighted by Gasteiger charge is -2.65. The Hall–Kier alpha value is -0.120. The standard InChI is InChI=1S/C27H48O3/c1-17(2)7-6-8-18(3)21-9-10-22-20-15-24(29)27(30)16-19(28)11-14-26(27,5)23(20)12-13-25(21,22)4/h17-24,28-30H,6-16H2,1-5H3/t18-,19+,20-,21-,22+,23+,24-,25+,26+,27-/m0/s1. The summed E-state index contributed by atoms with van der Waals surface area (Å²) in [6, 6.07) is 0. The molecule has 0 unspecified atom stereocenters. The summed E-state index contributed by atoms with van der Waals surface area (Å²) >= 11 is 0. The van der Waals surface area contributed by atoms with Crippen molar-refractivity contribution in [3.8, 4) is 0 Å². The molecule has 30 heavy (non-hydrogen) atoms. The van der Waals surface area contributed by atoms with Gasteiger partial charge in [-0.25, -0.2) is 0 Å². The Bertz CT molecular complexity index is 619. The first kappa shape index (κ1) is 23.1.